The molecule has 0 radical (unpaired) electrons. The standard InChI is InChI=1S/C10H14N2O2/c1-6-3-9(14-7(6)2)8-4-13-5-10(11)12-8/h3,8H,4-5H2,1-2H3,(H2,11,12). The summed E-state index contributed by atoms with van der Waals surface area (Å²) in [7, 11) is 0. The van der Waals surface area contributed by atoms with Crippen LogP contribution in [0.1, 0.15) is 23.1 Å². The summed E-state index contributed by atoms with van der Waals surface area (Å²) in [5, 5.41) is 0. The molecule has 0 bridgehead atoms. The highest BCUT2D eigenvalue weighted by molar-refractivity contribution is 5.82. The Labute approximate surface area is 82.8 Å². The van der Waals surface area contributed by atoms with E-state index in [9.17, 15) is 0 Å². The third kappa shape index (κ3) is 1.65. The van der Waals surface area contributed by atoms with Crippen molar-refractivity contribution in [2.24, 2.45) is 10.7 Å². The highest BCUT2D eigenvalue weighted by Crippen LogP contribution is 2.24. The zero-order chi connectivity index (χ0) is 10.1. The molecular formula is C10H14N2O2. The van der Waals surface area contributed by atoms with Crippen molar-refractivity contribution in [2.45, 2.75) is 19.9 Å². The maximum atomic E-state index is 5.59. The summed E-state index contributed by atoms with van der Waals surface area (Å²) < 4.78 is 10.8. The fraction of sp³-hybridized carbons (Fsp3) is 0.500. The van der Waals surface area contributed by atoms with Gasteiger partial charge >= 0.3 is 0 Å². The van der Waals surface area contributed by atoms with Gasteiger partial charge in [0.25, 0.3) is 0 Å². The number of aryl methyl sites for hydroxylation is 2. The number of ether oxygens (including phenoxy) is 1. The second kappa shape index (κ2) is 3.46. The molecule has 0 amide bonds. The number of rotatable bonds is 1. The number of nitrogens with two attached hydrogens (primary N) is 1. The SMILES string of the molecule is Cc1cc(C2COCC(N)=N2)oc1C. The van der Waals surface area contributed by atoms with Crippen LogP contribution in [0, 0.1) is 13.8 Å². The minimum atomic E-state index is -0.0730. The van der Waals surface area contributed by atoms with Crippen molar-refractivity contribution in [1.29, 1.82) is 0 Å². The van der Waals surface area contributed by atoms with Gasteiger partial charge in [0, 0.05) is 0 Å². The smallest absolute Gasteiger partial charge is 0.133 e. The summed E-state index contributed by atoms with van der Waals surface area (Å²) in [6.07, 6.45) is 0. The molecule has 1 aliphatic rings. The fourth-order valence-corrected chi connectivity index (χ4v) is 1.46. The molecule has 0 saturated heterocycles. The predicted molar refractivity (Wildman–Crippen MR) is 53.4 cm³/mol. The molecule has 0 aromatic carbocycles. The van der Waals surface area contributed by atoms with Gasteiger partial charge < -0.3 is 14.9 Å². The minimum Gasteiger partial charge on any atom is -0.464 e. The molecule has 1 atom stereocenters. The Hall–Kier alpha value is -1.29. The van der Waals surface area contributed by atoms with Crippen molar-refractivity contribution in [1.82, 2.24) is 0 Å². The van der Waals surface area contributed by atoms with Crippen molar-refractivity contribution >= 4 is 5.84 Å². The normalized spacial score (nSPS) is 22.1. The van der Waals surface area contributed by atoms with Crippen molar-refractivity contribution in [3.8, 4) is 0 Å². The fourth-order valence-electron chi connectivity index (χ4n) is 1.46. The molecule has 1 unspecified atom stereocenters. The van der Waals surface area contributed by atoms with E-state index in [4.69, 9.17) is 14.9 Å². The summed E-state index contributed by atoms with van der Waals surface area (Å²) in [5.41, 5.74) is 6.73. The number of hydrogen-bond donors (Lipinski definition) is 1. The Morgan fingerprint density at radius 2 is 2.29 bits per heavy atom. The summed E-state index contributed by atoms with van der Waals surface area (Å²) in [6, 6.07) is 1.92. The molecule has 14 heavy (non-hydrogen) atoms. The van der Waals surface area contributed by atoms with E-state index in [0.717, 1.165) is 17.1 Å². The number of aliphatic imine (C=N–C) groups is 1. The van der Waals surface area contributed by atoms with E-state index in [2.05, 4.69) is 4.99 Å². The van der Waals surface area contributed by atoms with Crippen molar-refractivity contribution in [2.75, 3.05) is 13.2 Å². The molecule has 0 fully saturated rings. The van der Waals surface area contributed by atoms with Crippen LogP contribution in [0.4, 0.5) is 0 Å². The lowest BCUT2D eigenvalue weighted by Gasteiger charge is -2.16. The van der Waals surface area contributed by atoms with E-state index in [0.29, 0.717) is 19.0 Å². The molecule has 2 N–H and O–H groups in total. The van der Waals surface area contributed by atoms with Crippen LogP contribution in [-0.4, -0.2) is 19.0 Å². The van der Waals surface area contributed by atoms with E-state index < -0.39 is 0 Å². The molecule has 0 aliphatic carbocycles. The van der Waals surface area contributed by atoms with Crippen LogP contribution >= 0.6 is 0 Å². The Kier molecular flexibility index (Phi) is 2.29. The van der Waals surface area contributed by atoms with Gasteiger partial charge in [0.15, 0.2) is 0 Å². The van der Waals surface area contributed by atoms with Crippen LogP contribution in [-0.2, 0) is 4.74 Å². The first-order chi connectivity index (χ1) is 6.66. The Morgan fingerprint density at radius 3 is 2.86 bits per heavy atom. The Morgan fingerprint density at radius 1 is 1.50 bits per heavy atom. The molecule has 1 aromatic heterocycles. The van der Waals surface area contributed by atoms with Gasteiger partial charge in [0.1, 0.15) is 30.0 Å². The van der Waals surface area contributed by atoms with Crippen LogP contribution in [0.5, 0.6) is 0 Å². The van der Waals surface area contributed by atoms with Gasteiger partial charge in [0.05, 0.1) is 6.61 Å². The lowest BCUT2D eigenvalue weighted by atomic mass is 10.2. The molecular weight excluding hydrogens is 180 g/mol. The minimum absolute atomic E-state index is 0.0730. The first-order valence-corrected chi connectivity index (χ1v) is 4.63. The van der Waals surface area contributed by atoms with Crippen molar-refractivity contribution < 1.29 is 9.15 Å². The zero-order valence-corrected chi connectivity index (χ0v) is 8.41. The first kappa shape index (κ1) is 9.27. The largest absolute Gasteiger partial charge is 0.464 e. The summed E-state index contributed by atoms with van der Waals surface area (Å²) in [5.74, 6) is 2.30. The average Bonchev–Trinajstić information content (AvgIpc) is 2.47. The van der Waals surface area contributed by atoms with Crippen molar-refractivity contribution in [3.05, 3.63) is 23.2 Å². The molecule has 1 aromatic rings. The number of hydrogen-bond acceptors (Lipinski definition) is 4. The predicted octanol–water partition coefficient (Wildman–Crippen LogP) is 1.32. The molecule has 0 spiro atoms. The Balaban J connectivity index is 2.26. The van der Waals surface area contributed by atoms with Gasteiger partial charge in [0.2, 0.25) is 0 Å². The quantitative estimate of drug-likeness (QED) is 0.733. The average molecular weight is 194 g/mol. The molecule has 0 saturated carbocycles. The van der Waals surface area contributed by atoms with Crippen LogP contribution in [0.25, 0.3) is 0 Å². The third-order valence-corrected chi connectivity index (χ3v) is 2.36. The van der Waals surface area contributed by atoms with E-state index in [1.54, 1.807) is 0 Å². The van der Waals surface area contributed by atoms with Gasteiger partial charge in [-0.25, -0.2) is 0 Å². The second-order valence-corrected chi connectivity index (χ2v) is 3.54. The topological polar surface area (TPSA) is 60.8 Å². The number of nitrogens with zero attached hydrogens (tertiary/aromatic N) is 1. The molecule has 4 heteroatoms. The summed E-state index contributed by atoms with van der Waals surface area (Å²) in [6.45, 7) is 4.93. The van der Waals surface area contributed by atoms with E-state index in [-0.39, 0.29) is 6.04 Å². The van der Waals surface area contributed by atoms with Crippen molar-refractivity contribution in [3.63, 3.8) is 0 Å². The van der Waals surface area contributed by atoms with E-state index >= 15 is 0 Å². The van der Waals surface area contributed by atoms with Gasteiger partial charge in [-0.05, 0) is 25.5 Å². The maximum Gasteiger partial charge on any atom is 0.133 e. The van der Waals surface area contributed by atoms with Crippen LogP contribution in [0.15, 0.2) is 15.5 Å². The highest BCUT2D eigenvalue weighted by atomic mass is 16.5. The van der Waals surface area contributed by atoms with Gasteiger partial charge in [-0.3, -0.25) is 4.99 Å². The molecule has 2 heterocycles. The Bertz CT molecular complexity index is 349. The van der Waals surface area contributed by atoms with E-state index in [1.807, 2.05) is 19.9 Å². The van der Waals surface area contributed by atoms with Gasteiger partial charge in [-0.1, -0.05) is 0 Å². The molecule has 76 valence electrons. The highest BCUT2D eigenvalue weighted by Gasteiger charge is 2.19. The van der Waals surface area contributed by atoms with Crippen LogP contribution in [0.3, 0.4) is 0 Å². The zero-order valence-electron chi connectivity index (χ0n) is 8.41. The summed E-state index contributed by atoms with van der Waals surface area (Å²) in [4.78, 5) is 4.28. The molecule has 4 nitrogen and oxygen atoms in total. The second-order valence-electron chi connectivity index (χ2n) is 3.54. The van der Waals surface area contributed by atoms with Crippen LogP contribution < -0.4 is 5.73 Å². The lowest BCUT2D eigenvalue weighted by Crippen LogP contribution is -2.27. The number of furan rings is 1. The lowest BCUT2D eigenvalue weighted by molar-refractivity contribution is 0.136. The molecule has 2 rings (SSSR count). The number of amidine groups is 1. The van der Waals surface area contributed by atoms with Gasteiger partial charge in [-0.2, -0.15) is 0 Å². The van der Waals surface area contributed by atoms with Crippen LogP contribution in [0.2, 0.25) is 0 Å². The maximum absolute atomic E-state index is 5.59. The third-order valence-electron chi connectivity index (χ3n) is 2.36. The summed E-state index contributed by atoms with van der Waals surface area (Å²) >= 11 is 0. The van der Waals surface area contributed by atoms with Gasteiger partial charge in [-0.15, -0.1) is 0 Å². The molecule has 1 aliphatic heterocycles. The first-order valence-electron chi connectivity index (χ1n) is 4.63. The van der Waals surface area contributed by atoms with E-state index in [1.165, 1.54) is 0 Å². The monoisotopic (exact) mass is 194 g/mol.